The molecule has 0 saturated carbocycles. The van der Waals surface area contributed by atoms with E-state index in [2.05, 4.69) is 28.7 Å². The summed E-state index contributed by atoms with van der Waals surface area (Å²) in [6.45, 7) is 7.04. The number of aromatic nitrogens is 1. The molecule has 2 heterocycles. The Hall–Kier alpha value is -2.75. The predicted molar refractivity (Wildman–Crippen MR) is 122 cm³/mol. The first-order chi connectivity index (χ1) is 15.3. The molecule has 0 bridgehead atoms. The zero-order chi connectivity index (χ0) is 22.9. The third-order valence-electron chi connectivity index (χ3n) is 5.93. The molecule has 170 valence electrons. The maximum atomic E-state index is 13.0. The van der Waals surface area contributed by atoms with E-state index in [1.54, 1.807) is 13.8 Å². The normalized spacial score (nSPS) is 16.8. The minimum absolute atomic E-state index is 0.0764. The van der Waals surface area contributed by atoms with Gasteiger partial charge in [0, 0.05) is 26.2 Å². The van der Waals surface area contributed by atoms with Gasteiger partial charge in [0.25, 0.3) is 0 Å². The second-order valence-electron chi connectivity index (χ2n) is 8.19. The van der Waals surface area contributed by atoms with E-state index < -0.39 is 10.0 Å². The number of benzene rings is 2. The summed E-state index contributed by atoms with van der Waals surface area (Å²) in [5.74, 6) is 0.221. The number of hydrogen-bond acceptors (Lipinski definition) is 6. The Morgan fingerprint density at radius 3 is 2.47 bits per heavy atom. The predicted octanol–water partition coefficient (Wildman–Crippen LogP) is 2.63. The zero-order valence-electron chi connectivity index (χ0n) is 18.5. The molecule has 0 spiro atoms. The average Bonchev–Trinajstić information content (AvgIpc) is 3.12. The minimum Gasteiger partial charge on any atom is -0.360 e. The van der Waals surface area contributed by atoms with E-state index in [0.717, 1.165) is 16.3 Å². The van der Waals surface area contributed by atoms with Crippen LogP contribution >= 0.6 is 0 Å². The Bertz CT molecular complexity index is 1210. The highest BCUT2D eigenvalue weighted by molar-refractivity contribution is 7.89. The van der Waals surface area contributed by atoms with Crippen molar-refractivity contribution in [3.8, 4) is 0 Å². The van der Waals surface area contributed by atoms with Crippen molar-refractivity contribution >= 4 is 26.7 Å². The van der Waals surface area contributed by atoms with Gasteiger partial charge in [-0.1, -0.05) is 47.6 Å². The van der Waals surface area contributed by atoms with E-state index in [1.165, 1.54) is 4.31 Å². The van der Waals surface area contributed by atoms with Crippen molar-refractivity contribution in [2.45, 2.75) is 31.7 Å². The van der Waals surface area contributed by atoms with Crippen LogP contribution in [0.1, 0.15) is 30.0 Å². The summed E-state index contributed by atoms with van der Waals surface area (Å²) in [4.78, 5) is 14.8. The molecule has 8 nitrogen and oxygen atoms in total. The van der Waals surface area contributed by atoms with Crippen molar-refractivity contribution in [1.29, 1.82) is 0 Å². The van der Waals surface area contributed by atoms with Crippen molar-refractivity contribution in [1.82, 2.24) is 19.7 Å². The number of amides is 1. The molecule has 1 atom stereocenters. The molecule has 1 fully saturated rings. The first-order valence-corrected chi connectivity index (χ1v) is 12.1. The molecule has 1 aliphatic heterocycles. The molecular weight excluding hydrogens is 428 g/mol. The molecule has 4 rings (SSSR count). The summed E-state index contributed by atoms with van der Waals surface area (Å²) < 4.78 is 32.4. The van der Waals surface area contributed by atoms with Crippen LogP contribution in [0.5, 0.6) is 0 Å². The molecule has 3 aromatic rings. The Kier molecular flexibility index (Phi) is 6.32. The average molecular weight is 457 g/mol. The molecule has 0 unspecified atom stereocenters. The number of nitrogens with zero attached hydrogens (tertiary/aromatic N) is 3. The van der Waals surface area contributed by atoms with Gasteiger partial charge < -0.3 is 9.84 Å². The Morgan fingerprint density at radius 1 is 1.09 bits per heavy atom. The molecule has 1 amide bonds. The van der Waals surface area contributed by atoms with Crippen LogP contribution in [-0.2, 0) is 14.8 Å². The van der Waals surface area contributed by atoms with Crippen LogP contribution in [0.4, 0.5) is 0 Å². The lowest BCUT2D eigenvalue weighted by atomic mass is 10.00. The molecule has 2 aromatic carbocycles. The lowest BCUT2D eigenvalue weighted by molar-refractivity contribution is -0.123. The Balaban J connectivity index is 1.35. The first-order valence-electron chi connectivity index (χ1n) is 10.7. The van der Waals surface area contributed by atoms with Crippen molar-refractivity contribution in [2.24, 2.45) is 0 Å². The number of nitrogens with one attached hydrogen (secondary N) is 1. The van der Waals surface area contributed by atoms with Crippen molar-refractivity contribution in [3.05, 3.63) is 59.5 Å². The maximum Gasteiger partial charge on any atom is 0.248 e. The van der Waals surface area contributed by atoms with E-state index in [0.29, 0.717) is 37.6 Å². The van der Waals surface area contributed by atoms with Crippen molar-refractivity contribution < 1.29 is 17.7 Å². The fourth-order valence-electron chi connectivity index (χ4n) is 4.30. The largest absolute Gasteiger partial charge is 0.360 e. The summed E-state index contributed by atoms with van der Waals surface area (Å²) in [5.41, 5.74) is 1.44. The van der Waals surface area contributed by atoms with E-state index >= 15 is 0 Å². The van der Waals surface area contributed by atoms with Gasteiger partial charge >= 0.3 is 0 Å². The summed E-state index contributed by atoms with van der Waals surface area (Å²) >= 11 is 0. The Labute approximate surface area is 188 Å². The zero-order valence-corrected chi connectivity index (χ0v) is 19.4. The molecule has 1 saturated heterocycles. The summed E-state index contributed by atoms with van der Waals surface area (Å²) in [5, 5.41) is 9.11. The van der Waals surface area contributed by atoms with Crippen LogP contribution < -0.4 is 5.32 Å². The molecule has 1 aliphatic rings. The fraction of sp³-hybridized carbons (Fsp3) is 0.391. The third kappa shape index (κ3) is 4.41. The van der Waals surface area contributed by atoms with Crippen molar-refractivity contribution in [2.75, 3.05) is 32.7 Å². The smallest absolute Gasteiger partial charge is 0.248 e. The van der Waals surface area contributed by atoms with Crippen LogP contribution in [0.3, 0.4) is 0 Å². The number of fused-ring (bicyclic) bond motifs is 1. The first kappa shape index (κ1) is 22.4. The highest BCUT2D eigenvalue weighted by atomic mass is 32.2. The van der Waals surface area contributed by atoms with Crippen LogP contribution in [-0.4, -0.2) is 61.4 Å². The van der Waals surface area contributed by atoms with Gasteiger partial charge in [-0.05, 0) is 37.1 Å². The van der Waals surface area contributed by atoms with Crippen LogP contribution in [0, 0.1) is 13.8 Å². The SMILES string of the molecule is Cc1noc(C)c1S(=O)(=O)N1CCN(CC(=O)N[C@@H](C)c2cccc3ccccc23)CC1. The van der Waals surface area contributed by atoms with Gasteiger partial charge in [-0.3, -0.25) is 9.69 Å². The maximum absolute atomic E-state index is 13.0. The van der Waals surface area contributed by atoms with Gasteiger partial charge in [-0.15, -0.1) is 0 Å². The molecular formula is C23H28N4O4S. The van der Waals surface area contributed by atoms with Gasteiger partial charge in [0.2, 0.25) is 15.9 Å². The highest BCUT2D eigenvalue weighted by Gasteiger charge is 2.33. The fourth-order valence-corrected chi connectivity index (χ4v) is 6.01. The van der Waals surface area contributed by atoms with E-state index in [4.69, 9.17) is 4.52 Å². The molecule has 9 heteroatoms. The van der Waals surface area contributed by atoms with Crippen LogP contribution in [0.25, 0.3) is 10.8 Å². The van der Waals surface area contributed by atoms with Crippen LogP contribution in [0.15, 0.2) is 51.9 Å². The number of rotatable bonds is 6. The highest BCUT2D eigenvalue weighted by Crippen LogP contribution is 2.25. The molecule has 0 radical (unpaired) electrons. The van der Waals surface area contributed by atoms with Crippen molar-refractivity contribution in [3.63, 3.8) is 0 Å². The van der Waals surface area contributed by atoms with Gasteiger partial charge in [-0.25, -0.2) is 8.42 Å². The van der Waals surface area contributed by atoms with E-state index in [1.807, 2.05) is 36.1 Å². The van der Waals surface area contributed by atoms with Crippen LogP contribution in [0.2, 0.25) is 0 Å². The number of piperazine rings is 1. The second-order valence-corrected chi connectivity index (χ2v) is 10.1. The lowest BCUT2D eigenvalue weighted by Crippen LogP contribution is -2.51. The number of carbonyl (C=O) groups excluding carboxylic acids is 1. The minimum atomic E-state index is -3.66. The van der Waals surface area contributed by atoms with E-state index in [9.17, 15) is 13.2 Å². The van der Waals surface area contributed by atoms with Gasteiger partial charge in [-0.2, -0.15) is 4.31 Å². The molecule has 0 aliphatic carbocycles. The summed E-state index contributed by atoms with van der Waals surface area (Å²) in [7, 11) is -3.66. The molecule has 1 N–H and O–H groups in total. The number of carbonyl (C=O) groups is 1. The summed E-state index contributed by atoms with van der Waals surface area (Å²) in [6, 6.07) is 14.1. The Morgan fingerprint density at radius 2 is 1.78 bits per heavy atom. The monoisotopic (exact) mass is 456 g/mol. The quantitative estimate of drug-likeness (QED) is 0.613. The number of hydrogen-bond donors (Lipinski definition) is 1. The van der Waals surface area contributed by atoms with Gasteiger partial charge in [0.15, 0.2) is 5.76 Å². The lowest BCUT2D eigenvalue weighted by Gasteiger charge is -2.33. The molecule has 1 aromatic heterocycles. The van der Waals surface area contributed by atoms with E-state index in [-0.39, 0.29) is 23.4 Å². The summed E-state index contributed by atoms with van der Waals surface area (Å²) in [6.07, 6.45) is 0. The van der Waals surface area contributed by atoms with Gasteiger partial charge in [0.05, 0.1) is 12.6 Å². The number of aryl methyl sites for hydroxylation is 2. The standard InChI is InChI=1S/C23H28N4O4S/c1-16(20-10-6-8-19-7-4-5-9-21(19)20)24-22(28)15-26-11-13-27(14-12-26)32(29,30)23-17(2)25-31-18(23)3/h4-10,16H,11-15H2,1-3H3,(H,24,28)/t16-/m0/s1. The second kappa shape index (κ2) is 9.01. The molecule has 32 heavy (non-hydrogen) atoms. The van der Waals surface area contributed by atoms with Gasteiger partial charge in [0.1, 0.15) is 10.6 Å². The number of sulfonamides is 1. The third-order valence-corrected chi connectivity index (χ3v) is 8.08. The topological polar surface area (TPSA) is 95.8 Å².